The maximum Gasteiger partial charge on any atom is 0.209 e. The van der Waals surface area contributed by atoms with Gasteiger partial charge in [0.2, 0.25) is 5.84 Å². The van der Waals surface area contributed by atoms with E-state index in [1.807, 2.05) is 6.92 Å². The Morgan fingerprint density at radius 3 is 2.38 bits per heavy atom. The molecule has 2 N–H and O–H groups in total. The normalized spacial score (nSPS) is 20.7. The number of rotatable bonds is 15. The Labute approximate surface area is 159 Å². The lowest BCUT2D eigenvalue weighted by Gasteiger charge is -2.36. The molecule has 0 aliphatic carbocycles. The van der Waals surface area contributed by atoms with Crippen molar-refractivity contribution in [2.75, 3.05) is 6.54 Å². The fourth-order valence-electron chi connectivity index (χ4n) is 3.41. The number of aliphatic carboxylic acids is 1. The van der Waals surface area contributed by atoms with Crippen molar-refractivity contribution in [3.8, 4) is 0 Å². The average Bonchev–Trinajstić information content (AvgIpc) is 2.99. The number of nitrogens with zero attached hydrogens (tertiary/aromatic N) is 2. The summed E-state index contributed by atoms with van der Waals surface area (Å²) in [5.74, 6) is -0.242. The molecule has 2 unspecified atom stereocenters. The number of carboxylic acids is 1. The van der Waals surface area contributed by atoms with Crippen molar-refractivity contribution in [1.82, 2.24) is 0 Å². The molecule has 1 aliphatic rings. The van der Waals surface area contributed by atoms with E-state index in [-0.39, 0.29) is 17.2 Å². The first-order chi connectivity index (χ1) is 12.5. The van der Waals surface area contributed by atoms with Gasteiger partial charge in [0.05, 0.1) is 12.2 Å². The fraction of sp³-hybridized carbons (Fsp3) is 0.714. The van der Waals surface area contributed by atoms with E-state index < -0.39 is 5.97 Å². The number of amidine groups is 1. The minimum absolute atomic E-state index is 0.105. The number of quaternary nitrogens is 1. The fourth-order valence-corrected chi connectivity index (χ4v) is 3.41. The van der Waals surface area contributed by atoms with Gasteiger partial charge in [-0.1, -0.05) is 57.6 Å². The van der Waals surface area contributed by atoms with Gasteiger partial charge >= 0.3 is 0 Å². The standard InChI is InChI=1S/C21H37N3O2/c1-3-4-5-6-7-8-9-10-11-12-13-14-15-20-23-16-17-24(20,19(2)22)18-21(25)26/h5-6,16-17,19H,3-4,7-15,18,22H2,1-2H3/b6-5+. The summed E-state index contributed by atoms with van der Waals surface area (Å²) in [5.41, 5.74) is 6.05. The Bertz CT molecular complexity index is 497. The Hall–Kier alpha value is -1.46. The molecule has 0 fully saturated rings. The molecular weight excluding hydrogens is 326 g/mol. The lowest BCUT2D eigenvalue weighted by atomic mass is 10.1. The SMILES string of the molecule is CCC/C=C/CCCCCCCCCC1=NC=C[N+]1(CC(=O)[O-])C(C)N. The van der Waals surface area contributed by atoms with Gasteiger partial charge in [-0.05, 0) is 25.7 Å². The van der Waals surface area contributed by atoms with Crippen molar-refractivity contribution in [3.05, 3.63) is 24.6 Å². The zero-order valence-electron chi connectivity index (χ0n) is 16.7. The molecule has 5 heteroatoms. The van der Waals surface area contributed by atoms with E-state index in [2.05, 4.69) is 24.1 Å². The number of allylic oxidation sites excluding steroid dienone is 2. The van der Waals surface area contributed by atoms with Gasteiger partial charge in [-0.25, -0.2) is 9.48 Å². The second kappa shape index (κ2) is 12.8. The quantitative estimate of drug-likeness (QED) is 0.274. The maximum absolute atomic E-state index is 11.1. The number of carbonyl (C=O) groups is 1. The lowest BCUT2D eigenvalue weighted by molar-refractivity contribution is -0.808. The monoisotopic (exact) mass is 363 g/mol. The van der Waals surface area contributed by atoms with E-state index in [9.17, 15) is 9.90 Å². The summed E-state index contributed by atoms with van der Waals surface area (Å²) in [6.07, 6.45) is 20.8. The number of carboxylic acid groups (broad SMARTS) is 1. The average molecular weight is 364 g/mol. The molecule has 0 saturated heterocycles. The number of hydrogen-bond acceptors (Lipinski definition) is 4. The molecule has 0 radical (unpaired) electrons. The highest BCUT2D eigenvalue weighted by Crippen LogP contribution is 2.23. The summed E-state index contributed by atoms with van der Waals surface area (Å²) in [5, 5.41) is 11.1. The van der Waals surface area contributed by atoms with Crippen LogP contribution in [-0.2, 0) is 4.79 Å². The van der Waals surface area contributed by atoms with E-state index in [4.69, 9.17) is 5.73 Å². The minimum Gasteiger partial charge on any atom is -0.544 e. The molecule has 1 aliphatic heterocycles. The second-order valence-corrected chi connectivity index (χ2v) is 7.32. The molecule has 26 heavy (non-hydrogen) atoms. The largest absolute Gasteiger partial charge is 0.544 e. The highest BCUT2D eigenvalue weighted by atomic mass is 16.4. The molecule has 5 nitrogen and oxygen atoms in total. The highest BCUT2D eigenvalue weighted by Gasteiger charge is 2.38. The molecule has 0 aromatic rings. The summed E-state index contributed by atoms with van der Waals surface area (Å²) in [6.45, 7) is 3.89. The third kappa shape index (κ3) is 7.83. The van der Waals surface area contributed by atoms with Crippen LogP contribution in [0.25, 0.3) is 0 Å². The van der Waals surface area contributed by atoms with Gasteiger partial charge in [0.1, 0.15) is 18.9 Å². The molecule has 0 bridgehead atoms. The number of hydrogen-bond donors (Lipinski definition) is 1. The second-order valence-electron chi connectivity index (χ2n) is 7.32. The number of aliphatic imine (C=N–C) groups is 1. The third-order valence-corrected chi connectivity index (χ3v) is 5.05. The first kappa shape index (κ1) is 22.6. The Balaban J connectivity index is 2.15. The summed E-state index contributed by atoms with van der Waals surface area (Å²) >= 11 is 0. The van der Waals surface area contributed by atoms with E-state index in [0.29, 0.717) is 0 Å². The summed E-state index contributed by atoms with van der Waals surface area (Å²) in [6, 6.07) is 0. The highest BCUT2D eigenvalue weighted by molar-refractivity contribution is 5.81. The van der Waals surface area contributed by atoms with E-state index in [1.54, 1.807) is 12.4 Å². The van der Waals surface area contributed by atoms with E-state index >= 15 is 0 Å². The van der Waals surface area contributed by atoms with Gasteiger partial charge in [0.15, 0.2) is 0 Å². The molecule has 0 aromatic heterocycles. The Morgan fingerprint density at radius 2 is 1.77 bits per heavy atom. The van der Waals surface area contributed by atoms with Crippen molar-refractivity contribution in [2.45, 2.75) is 90.6 Å². The molecule has 2 atom stereocenters. The van der Waals surface area contributed by atoms with Crippen molar-refractivity contribution in [2.24, 2.45) is 10.7 Å². The molecule has 0 saturated carbocycles. The Kier molecular flexibility index (Phi) is 11.1. The molecule has 0 amide bonds. The topological polar surface area (TPSA) is 78.5 Å². The molecule has 148 valence electrons. The van der Waals surface area contributed by atoms with Crippen LogP contribution in [-0.4, -0.2) is 29.0 Å². The number of nitrogens with two attached hydrogens (primary N) is 1. The number of carbonyl (C=O) groups excluding carboxylic acids is 1. The van der Waals surface area contributed by atoms with Gasteiger partial charge in [-0.2, -0.15) is 0 Å². The molecule has 1 rings (SSSR count). The van der Waals surface area contributed by atoms with Crippen molar-refractivity contribution < 1.29 is 14.4 Å². The van der Waals surface area contributed by atoms with Gasteiger partial charge in [0.25, 0.3) is 0 Å². The zero-order valence-corrected chi connectivity index (χ0v) is 16.7. The molecule has 0 spiro atoms. The van der Waals surface area contributed by atoms with E-state index in [1.165, 1.54) is 51.4 Å². The third-order valence-electron chi connectivity index (χ3n) is 5.05. The minimum atomic E-state index is -1.09. The maximum atomic E-state index is 11.1. The van der Waals surface area contributed by atoms with Crippen molar-refractivity contribution in [1.29, 1.82) is 0 Å². The van der Waals surface area contributed by atoms with Gasteiger partial charge < -0.3 is 9.90 Å². The van der Waals surface area contributed by atoms with Crippen LogP contribution in [0.3, 0.4) is 0 Å². The number of unbranched alkanes of at least 4 members (excludes halogenated alkanes) is 8. The van der Waals surface area contributed by atoms with E-state index in [0.717, 1.165) is 25.1 Å². The first-order valence-corrected chi connectivity index (χ1v) is 10.3. The van der Waals surface area contributed by atoms with Gasteiger partial charge in [-0.15, -0.1) is 0 Å². The van der Waals surface area contributed by atoms with Crippen LogP contribution in [0.4, 0.5) is 0 Å². The predicted molar refractivity (Wildman–Crippen MR) is 106 cm³/mol. The Morgan fingerprint density at radius 1 is 1.15 bits per heavy atom. The van der Waals surface area contributed by atoms with Crippen LogP contribution in [0.5, 0.6) is 0 Å². The smallest absolute Gasteiger partial charge is 0.209 e. The summed E-state index contributed by atoms with van der Waals surface area (Å²) < 4.78 is 0.105. The predicted octanol–water partition coefficient (Wildman–Crippen LogP) is 3.61. The summed E-state index contributed by atoms with van der Waals surface area (Å²) in [4.78, 5) is 15.5. The van der Waals surface area contributed by atoms with Crippen LogP contribution < -0.4 is 10.8 Å². The molecule has 1 heterocycles. The van der Waals surface area contributed by atoms with Crippen molar-refractivity contribution in [3.63, 3.8) is 0 Å². The molecule has 0 aromatic carbocycles. The zero-order chi connectivity index (χ0) is 19.3. The van der Waals surface area contributed by atoms with Gasteiger partial charge in [-0.3, -0.25) is 5.73 Å². The van der Waals surface area contributed by atoms with Crippen molar-refractivity contribution >= 4 is 11.8 Å². The molecular formula is C21H37N3O2. The van der Waals surface area contributed by atoms with Crippen LogP contribution in [0, 0.1) is 0 Å². The van der Waals surface area contributed by atoms with Gasteiger partial charge in [0, 0.05) is 13.3 Å². The van der Waals surface area contributed by atoms with Crippen LogP contribution in [0.15, 0.2) is 29.5 Å². The summed E-state index contributed by atoms with van der Waals surface area (Å²) in [7, 11) is 0. The van der Waals surface area contributed by atoms with Crippen LogP contribution in [0.2, 0.25) is 0 Å². The van der Waals surface area contributed by atoms with Crippen LogP contribution >= 0.6 is 0 Å². The lowest BCUT2D eigenvalue weighted by Crippen LogP contribution is -2.60. The van der Waals surface area contributed by atoms with Crippen LogP contribution in [0.1, 0.15) is 84.5 Å². The first-order valence-electron chi connectivity index (χ1n) is 10.3.